The van der Waals surface area contributed by atoms with Gasteiger partial charge in [-0.1, -0.05) is 0 Å². The van der Waals surface area contributed by atoms with Crippen molar-refractivity contribution in [3.05, 3.63) is 33.9 Å². The van der Waals surface area contributed by atoms with E-state index >= 15 is 0 Å². The van der Waals surface area contributed by atoms with E-state index in [0.717, 1.165) is 31.9 Å². The Kier molecular flexibility index (Phi) is 3.49. The summed E-state index contributed by atoms with van der Waals surface area (Å²) in [5.74, 6) is 0. The van der Waals surface area contributed by atoms with Crippen LogP contribution in [0, 0.1) is 21.4 Å². The molecule has 2 aliphatic rings. The van der Waals surface area contributed by atoms with Gasteiger partial charge in [-0.15, -0.1) is 0 Å². The lowest BCUT2D eigenvalue weighted by Crippen LogP contribution is -2.48. The largest absolute Gasteiger partial charge is 0.373 e. The number of rotatable bonds is 2. The quantitative estimate of drug-likeness (QED) is 0.596. The monoisotopic (exact) mass is 288 g/mol. The minimum Gasteiger partial charge on any atom is -0.373 e. The lowest BCUT2D eigenvalue weighted by molar-refractivity contribution is -0.385. The lowest BCUT2D eigenvalue weighted by Gasteiger charge is -2.33. The van der Waals surface area contributed by atoms with Crippen LogP contribution in [-0.2, 0) is 4.74 Å². The Hall–Kier alpha value is -2.17. The van der Waals surface area contributed by atoms with E-state index in [9.17, 15) is 10.1 Å². The van der Waals surface area contributed by atoms with Crippen molar-refractivity contribution in [2.24, 2.45) is 0 Å². The average molecular weight is 288 g/mol. The normalized spacial score (nSPS) is 25.4. The molecule has 0 radical (unpaired) electrons. The third-order valence-corrected chi connectivity index (χ3v) is 4.24. The topological polar surface area (TPSA) is 82.6 Å². The van der Waals surface area contributed by atoms with Gasteiger partial charge in [0, 0.05) is 31.4 Å². The van der Waals surface area contributed by atoms with E-state index in [1.807, 2.05) is 6.07 Å². The number of nitriles is 1. The van der Waals surface area contributed by atoms with Crippen molar-refractivity contribution in [3.63, 3.8) is 0 Å². The van der Waals surface area contributed by atoms with E-state index in [2.05, 4.69) is 16.8 Å². The fourth-order valence-electron chi connectivity index (χ4n) is 3.04. The predicted molar refractivity (Wildman–Crippen MR) is 76.2 cm³/mol. The third kappa shape index (κ3) is 2.44. The van der Waals surface area contributed by atoms with Crippen molar-refractivity contribution < 1.29 is 9.66 Å². The molecule has 0 bridgehead atoms. The summed E-state index contributed by atoms with van der Waals surface area (Å²) in [6.07, 6.45) is 0.157. The van der Waals surface area contributed by atoms with Crippen LogP contribution in [0.1, 0.15) is 5.56 Å². The van der Waals surface area contributed by atoms with Gasteiger partial charge in [0.25, 0.3) is 5.69 Å². The molecule has 1 aromatic carbocycles. The van der Waals surface area contributed by atoms with Crippen molar-refractivity contribution in [2.75, 3.05) is 38.2 Å². The van der Waals surface area contributed by atoms with Crippen LogP contribution in [0.5, 0.6) is 0 Å². The number of nitro groups is 1. The van der Waals surface area contributed by atoms with Gasteiger partial charge >= 0.3 is 0 Å². The number of ether oxygens (including phenoxy) is 1. The summed E-state index contributed by atoms with van der Waals surface area (Å²) in [4.78, 5) is 14.8. The Bertz CT molecular complexity index is 613. The molecule has 0 saturated carbocycles. The van der Waals surface area contributed by atoms with Crippen LogP contribution < -0.4 is 4.90 Å². The highest BCUT2D eigenvalue weighted by molar-refractivity contribution is 5.60. The number of nitro benzene ring substituents is 1. The Morgan fingerprint density at radius 3 is 2.95 bits per heavy atom. The maximum absolute atomic E-state index is 10.9. The molecule has 0 aliphatic carbocycles. The first-order valence-electron chi connectivity index (χ1n) is 6.85. The molecule has 0 spiro atoms. The number of nitrogens with zero attached hydrogens (tertiary/aromatic N) is 4. The molecule has 0 aromatic heterocycles. The van der Waals surface area contributed by atoms with E-state index in [1.165, 1.54) is 6.07 Å². The van der Waals surface area contributed by atoms with Crippen LogP contribution in [0.25, 0.3) is 0 Å². The molecule has 0 N–H and O–H groups in total. The molecule has 2 heterocycles. The van der Waals surface area contributed by atoms with Crippen LogP contribution >= 0.6 is 0 Å². The maximum atomic E-state index is 10.9. The molecule has 110 valence electrons. The van der Waals surface area contributed by atoms with Crippen molar-refractivity contribution >= 4 is 11.4 Å². The molecule has 2 saturated heterocycles. The molecule has 0 amide bonds. The van der Waals surface area contributed by atoms with E-state index in [4.69, 9.17) is 10.00 Å². The van der Waals surface area contributed by atoms with Crippen LogP contribution in [0.3, 0.4) is 0 Å². The second kappa shape index (κ2) is 5.31. The van der Waals surface area contributed by atoms with Crippen molar-refractivity contribution in [3.8, 4) is 6.07 Å². The fourth-order valence-corrected chi connectivity index (χ4v) is 3.04. The second-order valence-electron chi connectivity index (χ2n) is 5.43. The predicted octanol–water partition coefficient (Wildman–Crippen LogP) is 0.986. The van der Waals surface area contributed by atoms with Crippen molar-refractivity contribution in [2.45, 2.75) is 12.1 Å². The number of hydrogen-bond donors (Lipinski definition) is 0. The molecule has 0 unspecified atom stereocenters. The third-order valence-electron chi connectivity index (χ3n) is 4.24. The molecule has 7 nitrogen and oxygen atoms in total. The SMILES string of the molecule is CN1CCO[C@@H]2CN(c3ccc([N+](=O)[O-])c(C#N)c3)C[C@H]21. The highest BCUT2D eigenvalue weighted by atomic mass is 16.6. The first kappa shape index (κ1) is 13.8. The molecule has 7 heteroatoms. The number of anilines is 1. The van der Waals surface area contributed by atoms with Crippen LogP contribution in [0.2, 0.25) is 0 Å². The summed E-state index contributed by atoms with van der Waals surface area (Å²) >= 11 is 0. The smallest absolute Gasteiger partial charge is 0.287 e. The van der Waals surface area contributed by atoms with Crippen LogP contribution in [0.15, 0.2) is 18.2 Å². The first-order valence-corrected chi connectivity index (χ1v) is 6.85. The maximum Gasteiger partial charge on any atom is 0.287 e. The van der Waals surface area contributed by atoms with Gasteiger partial charge < -0.3 is 9.64 Å². The molecule has 1 aromatic rings. The summed E-state index contributed by atoms with van der Waals surface area (Å²) in [6.45, 7) is 3.20. The number of likely N-dealkylation sites (N-methyl/N-ethyl adjacent to an activating group) is 1. The first-order chi connectivity index (χ1) is 10.1. The zero-order valence-corrected chi connectivity index (χ0v) is 11.7. The molecule has 2 aliphatic heterocycles. The summed E-state index contributed by atoms with van der Waals surface area (Å²) < 4.78 is 5.79. The Labute approximate surface area is 122 Å². The minimum atomic E-state index is -0.525. The van der Waals surface area contributed by atoms with Gasteiger partial charge in [-0.05, 0) is 19.2 Å². The van der Waals surface area contributed by atoms with E-state index in [0.29, 0.717) is 6.04 Å². The lowest BCUT2D eigenvalue weighted by atomic mass is 10.1. The Morgan fingerprint density at radius 2 is 2.29 bits per heavy atom. The summed E-state index contributed by atoms with van der Waals surface area (Å²) in [7, 11) is 2.08. The number of morpholine rings is 1. The van der Waals surface area contributed by atoms with Gasteiger partial charge in [0.05, 0.1) is 23.7 Å². The van der Waals surface area contributed by atoms with Crippen molar-refractivity contribution in [1.29, 1.82) is 5.26 Å². The van der Waals surface area contributed by atoms with Crippen molar-refractivity contribution in [1.82, 2.24) is 4.90 Å². The van der Waals surface area contributed by atoms with Crippen LogP contribution in [-0.4, -0.2) is 55.3 Å². The summed E-state index contributed by atoms with van der Waals surface area (Å²) in [5.41, 5.74) is 0.788. The molecular formula is C14H16N4O3. The van der Waals surface area contributed by atoms with E-state index in [-0.39, 0.29) is 17.4 Å². The number of benzene rings is 1. The van der Waals surface area contributed by atoms with E-state index in [1.54, 1.807) is 12.1 Å². The van der Waals surface area contributed by atoms with Gasteiger partial charge in [-0.2, -0.15) is 5.26 Å². The molecule has 21 heavy (non-hydrogen) atoms. The van der Waals surface area contributed by atoms with Gasteiger partial charge in [-0.3, -0.25) is 15.0 Å². The second-order valence-corrected chi connectivity index (χ2v) is 5.43. The molecule has 2 fully saturated rings. The Balaban J connectivity index is 1.85. The standard InChI is InChI=1S/C14H16N4O3/c1-16-4-5-21-14-9-17(8-13(14)16)11-2-3-12(18(19)20)10(6-11)7-15/h2-3,6,13-14H,4-5,8-9H2,1H3/t13-,14-/m1/s1. The molecule has 2 atom stereocenters. The number of fused-ring (bicyclic) bond motifs is 1. The zero-order valence-electron chi connectivity index (χ0n) is 11.7. The zero-order chi connectivity index (χ0) is 15.0. The van der Waals surface area contributed by atoms with Gasteiger partial charge in [0.1, 0.15) is 11.6 Å². The summed E-state index contributed by atoms with van der Waals surface area (Å²) in [5, 5.41) is 20.0. The minimum absolute atomic E-state index is 0.0987. The van der Waals surface area contributed by atoms with Gasteiger partial charge in [-0.25, -0.2) is 0 Å². The van der Waals surface area contributed by atoms with Gasteiger partial charge in [0.2, 0.25) is 0 Å². The summed E-state index contributed by atoms with van der Waals surface area (Å²) in [6, 6.07) is 6.94. The highest BCUT2D eigenvalue weighted by Gasteiger charge is 2.38. The average Bonchev–Trinajstić information content (AvgIpc) is 2.92. The van der Waals surface area contributed by atoms with Crippen LogP contribution in [0.4, 0.5) is 11.4 Å². The molecule has 3 rings (SSSR count). The van der Waals surface area contributed by atoms with E-state index < -0.39 is 4.92 Å². The fraction of sp³-hybridized carbons (Fsp3) is 0.500. The van der Waals surface area contributed by atoms with Gasteiger partial charge in [0.15, 0.2) is 0 Å². The highest BCUT2D eigenvalue weighted by Crippen LogP contribution is 2.29. The Morgan fingerprint density at radius 1 is 1.48 bits per heavy atom. The number of hydrogen-bond acceptors (Lipinski definition) is 6. The molecular weight excluding hydrogens is 272 g/mol.